The summed E-state index contributed by atoms with van der Waals surface area (Å²) in [4.78, 5) is 0. The summed E-state index contributed by atoms with van der Waals surface area (Å²) in [5, 5.41) is 13.5. The van der Waals surface area contributed by atoms with Crippen molar-refractivity contribution < 1.29 is 9.50 Å². The lowest BCUT2D eigenvalue weighted by Gasteiger charge is -1.98. The molecule has 0 atom stereocenters. The van der Waals surface area contributed by atoms with E-state index < -0.39 is 0 Å². The predicted molar refractivity (Wildman–Crippen MR) is 49.6 cm³/mol. The molecule has 1 aromatic carbocycles. The second-order valence-corrected chi connectivity index (χ2v) is 3.46. The summed E-state index contributed by atoms with van der Waals surface area (Å²) in [6.07, 6.45) is 1.58. The molecular weight excluding hydrogens is 239 g/mol. The van der Waals surface area contributed by atoms with Crippen LogP contribution in [-0.2, 0) is 6.73 Å². The topological polar surface area (TPSA) is 38.0 Å². The zero-order chi connectivity index (χ0) is 9.42. The third kappa shape index (κ3) is 1.34. The minimum Gasteiger partial charge on any atom is -0.374 e. The molecule has 0 fully saturated rings. The lowest BCUT2D eigenvalue weighted by molar-refractivity contribution is 0.200. The first-order chi connectivity index (χ1) is 6.22. The smallest absolute Gasteiger partial charge is 0.139 e. The van der Waals surface area contributed by atoms with E-state index in [1.54, 1.807) is 12.3 Å². The van der Waals surface area contributed by atoms with Crippen LogP contribution in [-0.4, -0.2) is 14.9 Å². The second-order valence-electron chi connectivity index (χ2n) is 2.61. The lowest BCUT2D eigenvalue weighted by atomic mass is 10.2. The molecule has 0 radical (unpaired) electrons. The average Bonchev–Trinajstić information content (AvgIpc) is 2.48. The van der Waals surface area contributed by atoms with Crippen LogP contribution >= 0.6 is 15.9 Å². The van der Waals surface area contributed by atoms with Gasteiger partial charge >= 0.3 is 0 Å². The van der Waals surface area contributed by atoms with Crippen molar-refractivity contribution in [2.45, 2.75) is 6.73 Å². The van der Waals surface area contributed by atoms with Gasteiger partial charge in [0.25, 0.3) is 0 Å². The van der Waals surface area contributed by atoms with E-state index in [0.717, 1.165) is 5.39 Å². The van der Waals surface area contributed by atoms with Gasteiger partial charge in [0, 0.05) is 11.5 Å². The van der Waals surface area contributed by atoms with E-state index in [2.05, 4.69) is 21.0 Å². The van der Waals surface area contributed by atoms with Gasteiger partial charge < -0.3 is 5.11 Å². The van der Waals surface area contributed by atoms with Gasteiger partial charge in [-0.05, 0) is 22.0 Å². The van der Waals surface area contributed by atoms with Crippen LogP contribution in [0, 0.1) is 5.82 Å². The molecule has 1 N–H and O–H groups in total. The zero-order valence-electron chi connectivity index (χ0n) is 6.54. The Morgan fingerprint density at radius 1 is 1.54 bits per heavy atom. The number of aliphatic hydroxyl groups excluding tert-OH is 1. The summed E-state index contributed by atoms with van der Waals surface area (Å²) in [6.45, 7) is -0.245. The number of halogens is 2. The number of nitrogens with zero attached hydrogens (tertiary/aromatic N) is 2. The fourth-order valence-electron chi connectivity index (χ4n) is 1.19. The monoisotopic (exact) mass is 244 g/mol. The van der Waals surface area contributed by atoms with Crippen molar-refractivity contribution >= 4 is 26.8 Å². The van der Waals surface area contributed by atoms with Crippen molar-refractivity contribution in [3.05, 3.63) is 28.6 Å². The molecule has 0 aliphatic heterocycles. The number of fused-ring (bicyclic) bond motifs is 1. The van der Waals surface area contributed by atoms with E-state index in [1.807, 2.05) is 0 Å². The minimum atomic E-state index is -0.359. The molecule has 1 heterocycles. The molecule has 2 aromatic rings. The molecule has 2 rings (SSSR count). The fourth-order valence-corrected chi connectivity index (χ4v) is 1.55. The summed E-state index contributed by atoms with van der Waals surface area (Å²) in [6, 6.07) is 2.96. The molecule has 0 unspecified atom stereocenters. The van der Waals surface area contributed by atoms with Crippen molar-refractivity contribution in [1.82, 2.24) is 9.78 Å². The third-order valence-corrected chi connectivity index (χ3v) is 2.43. The number of benzene rings is 1. The summed E-state index contributed by atoms with van der Waals surface area (Å²) in [7, 11) is 0. The number of aliphatic hydroxyl groups is 1. The maximum absolute atomic E-state index is 13.1. The Kier molecular flexibility index (Phi) is 2.05. The summed E-state index contributed by atoms with van der Waals surface area (Å²) < 4.78 is 14.8. The molecule has 13 heavy (non-hydrogen) atoms. The first-order valence-electron chi connectivity index (χ1n) is 3.64. The van der Waals surface area contributed by atoms with Gasteiger partial charge in [-0.1, -0.05) is 0 Å². The van der Waals surface area contributed by atoms with Crippen LogP contribution in [0.25, 0.3) is 10.9 Å². The van der Waals surface area contributed by atoms with Crippen molar-refractivity contribution in [2.75, 3.05) is 0 Å². The van der Waals surface area contributed by atoms with E-state index in [-0.39, 0.29) is 12.5 Å². The summed E-state index contributed by atoms with van der Waals surface area (Å²) in [5.41, 5.74) is 0.586. The van der Waals surface area contributed by atoms with Gasteiger partial charge in [-0.2, -0.15) is 5.10 Å². The molecule has 0 saturated carbocycles. The highest BCUT2D eigenvalue weighted by molar-refractivity contribution is 9.10. The van der Waals surface area contributed by atoms with Crippen LogP contribution in [0.1, 0.15) is 0 Å². The molecule has 68 valence electrons. The normalized spacial score (nSPS) is 11.0. The molecule has 0 aliphatic rings. The Bertz CT molecular complexity index is 455. The molecule has 0 aliphatic carbocycles. The molecular formula is C8H6BrFN2O. The standard InChI is InChI=1S/C8H6BrFN2O/c9-6-1-5-3-11-12(4-13)8(5)2-7(6)10/h1-3,13H,4H2. The minimum absolute atomic E-state index is 0.245. The van der Waals surface area contributed by atoms with Crippen LogP contribution in [0.15, 0.2) is 22.8 Å². The first kappa shape index (κ1) is 8.65. The Hall–Kier alpha value is -0.940. The summed E-state index contributed by atoms with van der Waals surface area (Å²) >= 11 is 3.07. The molecule has 3 nitrogen and oxygen atoms in total. The summed E-state index contributed by atoms with van der Waals surface area (Å²) in [5.74, 6) is -0.359. The van der Waals surface area contributed by atoms with Crippen molar-refractivity contribution in [2.24, 2.45) is 0 Å². The van der Waals surface area contributed by atoms with Crippen LogP contribution in [0.2, 0.25) is 0 Å². The van der Waals surface area contributed by atoms with Crippen LogP contribution in [0.5, 0.6) is 0 Å². The van der Waals surface area contributed by atoms with Gasteiger partial charge in [0.15, 0.2) is 0 Å². The van der Waals surface area contributed by atoms with Crippen LogP contribution in [0.4, 0.5) is 4.39 Å². The van der Waals surface area contributed by atoms with Gasteiger partial charge in [0.2, 0.25) is 0 Å². The fraction of sp³-hybridized carbons (Fsp3) is 0.125. The highest BCUT2D eigenvalue weighted by atomic mass is 79.9. The third-order valence-electron chi connectivity index (χ3n) is 1.82. The van der Waals surface area contributed by atoms with E-state index in [4.69, 9.17) is 5.11 Å². The Morgan fingerprint density at radius 3 is 3.00 bits per heavy atom. The van der Waals surface area contributed by atoms with E-state index >= 15 is 0 Å². The number of hydrogen-bond donors (Lipinski definition) is 1. The van der Waals surface area contributed by atoms with Crippen LogP contribution in [0.3, 0.4) is 0 Å². The van der Waals surface area contributed by atoms with Gasteiger partial charge in [-0.3, -0.25) is 0 Å². The quantitative estimate of drug-likeness (QED) is 0.832. The van der Waals surface area contributed by atoms with Crippen molar-refractivity contribution in [1.29, 1.82) is 0 Å². The van der Waals surface area contributed by atoms with Crippen LogP contribution < -0.4 is 0 Å². The molecule has 0 saturated heterocycles. The molecule has 0 amide bonds. The Morgan fingerprint density at radius 2 is 2.31 bits per heavy atom. The maximum atomic E-state index is 13.1. The SMILES string of the molecule is OCn1ncc2cc(Br)c(F)cc21. The molecule has 0 bridgehead atoms. The second kappa shape index (κ2) is 3.08. The number of aromatic nitrogens is 2. The van der Waals surface area contributed by atoms with Crippen molar-refractivity contribution in [3.8, 4) is 0 Å². The van der Waals surface area contributed by atoms with E-state index in [9.17, 15) is 4.39 Å². The highest BCUT2D eigenvalue weighted by Crippen LogP contribution is 2.22. The Labute approximate surface area is 81.9 Å². The Balaban J connectivity index is 2.77. The van der Waals surface area contributed by atoms with Crippen molar-refractivity contribution in [3.63, 3.8) is 0 Å². The van der Waals surface area contributed by atoms with Gasteiger partial charge in [-0.25, -0.2) is 9.07 Å². The zero-order valence-corrected chi connectivity index (χ0v) is 8.12. The number of rotatable bonds is 1. The van der Waals surface area contributed by atoms with E-state index in [1.165, 1.54) is 10.7 Å². The van der Waals surface area contributed by atoms with Gasteiger partial charge in [0.1, 0.15) is 12.5 Å². The average molecular weight is 245 g/mol. The lowest BCUT2D eigenvalue weighted by Crippen LogP contribution is -1.97. The van der Waals surface area contributed by atoms with Gasteiger partial charge in [-0.15, -0.1) is 0 Å². The van der Waals surface area contributed by atoms with Gasteiger partial charge in [0.05, 0.1) is 16.2 Å². The predicted octanol–water partition coefficient (Wildman–Crippen LogP) is 1.89. The maximum Gasteiger partial charge on any atom is 0.139 e. The molecule has 5 heteroatoms. The highest BCUT2D eigenvalue weighted by Gasteiger charge is 2.06. The van der Waals surface area contributed by atoms with E-state index in [0.29, 0.717) is 9.99 Å². The molecule has 0 spiro atoms. The first-order valence-corrected chi connectivity index (χ1v) is 4.43. The number of hydrogen-bond acceptors (Lipinski definition) is 2. The molecule has 1 aromatic heterocycles. The largest absolute Gasteiger partial charge is 0.374 e.